The summed E-state index contributed by atoms with van der Waals surface area (Å²) in [5.41, 5.74) is 1.34. The van der Waals surface area contributed by atoms with Gasteiger partial charge in [-0.1, -0.05) is 19.9 Å². The second-order valence-electron chi connectivity index (χ2n) is 7.54. The molecule has 0 aliphatic carbocycles. The summed E-state index contributed by atoms with van der Waals surface area (Å²) in [7, 11) is 0. The standard InChI is InChI=1S/C23H37FN6/c1-6-25-23(28-18(4)10-9-14-29(7-2)8-3)27-17-20-11-12-22(21(24)16-20)30-15-13-26-19(30)5/h11-13,15-16,18H,6-10,14,17H2,1-5H3,(H2,25,27,28). The molecule has 0 radical (unpaired) electrons. The smallest absolute Gasteiger partial charge is 0.191 e. The Kier molecular flexibility index (Phi) is 9.80. The zero-order chi connectivity index (χ0) is 21.9. The number of hydrogen-bond acceptors (Lipinski definition) is 3. The highest BCUT2D eigenvalue weighted by atomic mass is 19.1. The van der Waals surface area contributed by atoms with E-state index >= 15 is 0 Å². The van der Waals surface area contributed by atoms with Crippen LogP contribution >= 0.6 is 0 Å². The van der Waals surface area contributed by atoms with Gasteiger partial charge in [0.25, 0.3) is 0 Å². The number of aryl methyl sites for hydroxylation is 1. The molecule has 0 spiro atoms. The number of imidazole rings is 1. The molecule has 0 saturated carbocycles. The Bertz CT molecular complexity index is 797. The normalized spacial score (nSPS) is 13.0. The van der Waals surface area contributed by atoms with E-state index in [4.69, 9.17) is 0 Å². The van der Waals surface area contributed by atoms with Crippen LogP contribution in [0.1, 0.15) is 51.9 Å². The molecule has 2 aromatic rings. The number of halogens is 1. The van der Waals surface area contributed by atoms with E-state index in [1.54, 1.807) is 29.1 Å². The van der Waals surface area contributed by atoms with Crippen molar-refractivity contribution in [2.75, 3.05) is 26.2 Å². The van der Waals surface area contributed by atoms with Crippen LogP contribution in [0, 0.1) is 12.7 Å². The third-order valence-electron chi connectivity index (χ3n) is 5.25. The van der Waals surface area contributed by atoms with Crippen LogP contribution in [-0.4, -0.2) is 52.6 Å². The zero-order valence-corrected chi connectivity index (χ0v) is 19.1. The van der Waals surface area contributed by atoms with Crippen molar-refractivity contribution in [1.82, 2.24) is 25.1 Å². The minimum Gasteiger partial charge on any atom is -0.357 e. The quantitative estimate of drug-likeness (QED) is 0.431. The lowest BCUT2D eigenvalue weighted by molar-refractivity contribution is 0.292. The maximum atomic E-state index is 14.6. The largest absolute Gasteiger partial charge is 0.357 e. The van der Waals surface area contributed by atoms with Gasteiger partial charge in [-0.3, -0.25) is 0 Å². The molecule has 1 aromatic carbocycles. The highest BCUT2D eigenvalue weighted by molar-refractivity contribution is 5.80. The molecule has 2 rings (SSSR count). The van der Waals surface area contributed by atoms with Gasteiger partial charge in [-0.15, -0.1) is 0 Å². The van der Waals surface area contributed by atoms with Crippen LogP contribution in [0.25, 0.3) is 5.69 Å². The molecule has 0 amide bonds. The summed E-state index contributed by atoms with van der Waals surface area (Å²) < 4.78 is 16.4. The van der Waals surface area contributed by atoms with E-state index in [2.05, 4.69) is 46.3 Å². The molecular weight excluding hydrogens is 379 g/mol. The van der Waals surface area contributed by atoms with Gasteiger partial charge < -0.3 is 20.1 Å². The van der Waals surface area contributed by atoms with Gasteiger partial charge in [0.15, 0.2) is 5.96 Å². The van der Waals surface area contributed by atoms with Crippen molar-refractivity contribution in [3.8, 4) is 5.69 Å². The second kappa shape index (κ2) is 12.3. The molecule has 30 heavy (non-hydrogen) atoms. The Morgan fingerprint density at radius 2 is 2.03 bits per heavy atom. The Balaban J connectivity index is 1.95. The Morgan fingerprint density at radius 3 is 2.63 bits per heavy atom. The first-order chi connectivity index (χ1) is 14.5. The van der Waals surface area contributed by atoms with Gasteiger partial charge in [0.1, 0.15) is 11.6 Å². The molecule has 0 fully saturated rings. The van der Waals surface area contributed by atoms with Crippen molar-refractivity contribution in [3.63, 3.8) is 0 Å². The van der Waals surface area contributed by atoms with Crippen LogP contribution in [0.4, 0.5) is 4.39 Å². The second-order valence-corrected chi connectivity index (χ2v) is 7.54. The van der Waals surface area contributed by atoms with Crippen LogP contribution < -0.4 is 10.6 Å². The molecule has 1 aromatic heterocycles. The van der Waals surface area contributed by atoms with E-state index in [-0.39, 0.29) is 5.82 Å². The number of hydrogen-bond donors (Lipinski definition) is 2. The monoisotopic (exact) mass is 416 g/mol. The Hall–Kier alpha value is -2.41. The summed E-state index contributed by atoms with van der Waals surface area (Å²) in [6.45, 7) is 15.0. The number of rotatable bonds is 11. The first-order valence-corrected chi connectivity index (χ1v) is 11.0. The predicted octanol–water partition coefficient (Wildman–Crippen LogP) is 3.89. The van der Waals surface area contributed by atoms with E-state index in [1.165, 1.54) is 0 Å². The van der Waals surface area contributed by atoms with Crippen LogP contribution in [0.3, 0.4) is 0 Å². The minimum absolute atomic E-state index is 0.272. The third kappa shape index (κ3) is 7.13. The molecule has 1 heterocycles. The van der Waals surface area contributed by atoms with Crippen molar-refractivity contribution >= 4 is 5.96 Å². The van der Waals surface area contributed by atoms with E-state index < -0.39 is 0 Å². The maximum absolute atomic E-state index is 14.6. The topological polar surface area (TPSA) is 57.5 Å². The fraction of sp³-hybridized carbons (Fsp3) is 0.565. The van der Waals surface area contributed by atoms with E-state index in [9.17, 15) is 4.39 Å². The maximum Gasteiger partial charge on any atom is 0.191 e. The van der Waals surface area contributed by atoms with Crippen molar-refractivity contribution in [3.05, 3.63) is 47.8 Å². The Morgan fingerprint density at radius 1 is 1.27 bits per heavy atom. The van der Waals surface area contributed by atoms with Gasteiger partial charge in [-0.25, -0.2) is 14.4 Å². The number of guanidine groups is 1. The van der Waals surface area contributed by atoms with Gasteiger partial charge in [-0.05, 0) is 70.9 Å². The van der Waals surface area contributed by atoms with Crippen molar-refractivity contribution in [1.29, 1.82) is 0 Å². The van der Waals surface area contributed by atoms with E-state index in [0.29, 0.717) is 18.3 Å². The number of nitrogens with one attached hydrogen (secondary N) is 2. The van der Waals surface area contributed by atoms with Crippen LogP contribution in [0.2, 0.25) is 0 Å². The summed E-state index contributed by atoms with van der Waals surface area (Å²) in [6, 6.07) is 5.57. The van der Waals surface area contributed by atoms with Crippen molar-refractivity contribution in [2.24, 2.45) is 4.99 Å². The number of aliphatic imine (C=N–C) groups is 1. The zero-order valence-electron chi connectivity index (χ0n) is 19.1. The van der Waals surface area contributed by atoms with Crippen LogP contribution in [0.5, 0.6) is 0 Å². The lowest BCUT2D eigenvalue weighted by atomic mass is 10.1. The first kappa shape index (κ1) is 23.9. The summed E-state index contributed by atoms with van der Waals surface area (Å²) in [6.07, 6.45) is 5.66. The average Bonchev–Trinajstić information content (AvgIpc) is 3.15. The van der Waals surface area contributed by atoms with Crippen LogP contribution in [0.15, 0.2) is 35.6 Å². The highest BCUT2D eigenvalue weighted by Gasteiger charge is 2.09. The third-order valence-corrected chi connectivity index (χ3v) is 5.25. The molecular formula is C23H37FN6. The van der Waals surface area contributed by atoms with Gasteiger partial charge in [-0.2, -0.15) is 0 Å². The summed E-state index contributed by atoms with van der Waals surface area (Å²) in [5.74, 6) is 1.25. The molecule has 2 N–H and O–H groups in total. The molecule has 0 aliphatic heterocycles. The van der Waals surface area contributed by atoms with Crippen molar-refractivity contribution < 1.29 is 4.39 Å². The van der Waals surface area contributed by atoms with Crippen LogP contribution in [-0.2, 0) is 6.54 Å². The molecule has 0 aliphatic rings. The summed E-state index contributed by atoms with van der Waals surface area (Å²) >= 11 is 0. The summed E-state index contributed by atoms with van der Waals surface area (Å²) in [4.78, 5) is 11.2. The Labute approximate surface area is 180 Å². The number of aromatic nitrogens is 2. The van der Waals surface area contributed by atoms with Gasteiger partial charge >= 0.3 is 0 Å². The summed E-state index contributed by atoms with van der Waals surface area (Å²) in [5, 5.41) is 6.75. The molecule has 7 heteroatoms. The first-order valence-electron chi connectivity index (χ1n) is 11.0. The van der Waals surface area contributed by atoms with E-state index in [0.717, 1.165) is 56.4 Å². The molecule has 166 valence electrons. The predicted molar refractivity (Wildman–Crippen MR) is 123 cm³/mol. The SMILES string of the molecule is CCNC(=NCc1ccc(-n2ccnc2C)c(F)c1)NC(C)CCCN(CC)CC. The van der Waals surface area contributed by atoms with Gasteiger partial charge in [0.2, 0.25) is 0 Å². The van der Waals surface area contributed by atoms with Crippen molar-refractivity contribution in [2.45, 2.75) is 60.0 Å². The molecule has 6 nitrogen and oxygen atoms in total. The average molecular weight is 417 g/mol. The molecule has 0 bridgehead atoms. The fourth-order valence-electron chi connectivity index (χ4n) is 3.43. The number of nitrogens with zero attached hydrogens (tertiary/aromatic N) is 4. The molecule has 0 saturated heterocycles. The number of benzene rings is 1. The lowest BCUT2D eigenvalue weighted by Gasteiger charge is -2.21. The highest BCUT2D eigenvalue weighted by Crippen LogP contribution is 2.17. The molecule has 1 unspecified atom stereocenters. The fourth-order valence-corrected chi connectivity index (χ4v) is 3.43. The minimum atomic E-state index is -0.272. The lowest BCUT2D eigenvalue weighted by Crippen LogP contribution is -2.42. The van der Waals surface area contributed by atoms with Gasteiger partial charge in [0, 0.05) is 25.0 Å². The molecule has 1 atom stereocenters. The van der Waals surface area contributed by atoms with E-state index in [1.807, 2.05) is 19.9 Å². The van der Waals surface area contributed by atoms with Gasteiger partial charge in [0.05, 0.1) is 12.2 Å².